The van der Waals surface area contributed by atoms with Crippen molar-refractivity contribution in [2.45, 2.75) is 13.8 Å². The van der Waals surface area contributed by atoms with Gasteiger partial charge in [0.1, 0.15) is 6.29 Å². The molecule has 0 atom stereocenters. The number of carbonyl (C=O) groups excluding carboxylic acids is 2. The van der Waals surface area contributed by atoms with E-state index < -0.39 is 0 Å². The lowest BCUT2D eigenvalue weighted by atomic mass is 10.00. The Balaban J connectivity index is 2.80. The van der Waals surface area contributed by atoms with Crippen LogP contribution in [-0.2, 0) is 0 Å². The van der Waals surface area contributed by atoms with Gasteiger partial charge in [0.15, 0.2) is 0 Å². The van der Waals surface area contributed by atoms with Gasteiger partial charge in [0.05, 0.1) is 0 Å². The summed E-state index contributed by atoms with van der Waals surface area (Å²) in [5.41, 5.74) is 3.00. The van der Waals surface area contributed by atoms with Crippen LogP contribution in [0.4, 0.5) is 0 Å². The summed E-state index contributed by atoms with van der Waals surface area (Å²) in [6, 6.07) is 3.45. The van der Waals surface area contributed by atoms with E-state index in [1.54, 1.807) is 6.07 Å². The molecule has 0 saturated carbocycles. The second-order valence-electron chi connectivity index (χ2n) is 4.68. The Bertz CT molecular complexity index is 453. The highest BCUT2D eigenvalue weighted by Gasteiger charge is 2.09. The normalized spacial score (nSPS) is 10.5. The smallest absolute Gasteiger partial charge is 0.251 e. The molecule has 4 nitrogen and oxygen atoms in total. The number of aryl methyl sites for hydroxylation is 1. The third-order valence-electron chi connectivity index (χ3n) is 2.94. The van der Waals surface area contributed by atoms with E-state index in [0.717, 1.165) is 24.0 Å². The molecule has 1 aromatic rings. The molecule has 0 spiro atoms. The molecule has 0 fully saturated rings. The Hall–Kier alpha value is -1.68. The molecule has 0 unspecified atom stereocenters. The molecule has 1 rings (SSSR count). The quantitative estimate of drug-likeness (QED) is 0.801. The summed E-state index contributed by atoms with van der Waals surface area (Å²) in [6.07, 6.45) is 0.791. The van der Waals surface area contributed by atoms with Crippen LogP contribution >= 0.6 is 0 Å². The average Bonchev–Trinajstić information content (AvgIpc) is 2.31. The first kappa shape index (κ1) is 14.4. The van der Waals surface area contributed by atoms with Crippen LogP contribution in [0.25, 0.3) is 0 Å². The monoisotopic (exact) mass is 248 g/mol. The van der Waals surface area contributed by atoms with Crippen molar-refractivity contribution in [1.29, 1.82) is 0 Å². The zero-order valence-corrected chi connectivity index (χ0v) is 11.4. The molecule has 0 radical (unpaired) electrons. The Labute approximate surface area is 108 Å². The van der Waals surface area contributed by atoms with Crippen molar-refractivity contribution in [2.75, 3.05) is 27.2 Å². The minimum Gasteiger partial charge on any atom is -0.351 e. The van der Waals surface area contributed by atoms with E-state index >= 15 is 0 Å². The molecule has 0 aliphatic heterocycles. The maximum absolute atomic E-state index is 11.9. The van der Waals surface area contributed by atoms with Crippen LogP contribution in [0, 0.1) is 13.8 Å². The van der Waals surface area contributed by atoms with Crippen molar-refractivity contribution in [2.24, 2.45) is 0 Å². The molecular formula is C14H20N2O2. The molecule has 0 heterocycles. The fourth-order valence-electron chi connectivity index (χ4n) is 1.64. The second-order valence-corrected chi connectivity index (χ2v) is 4.68. The Kier molecular flexibility index (Phi) is 5.04. The summed E-state index contributed by atoms with van der Waals surface area (Å²) in [7, 11) is 3.90. The third-order valence-corrected chi connectivity index (χ3v) is 2.94. The largest absolute Gasteiger partial charge is 0.351 e. The highest BCUT2D eigenvalue weighted by Crippen LogP contribution is 2.14. The SMILES string of the molecule is Cc1cc(C(=O)NCCN(C)C)cc(C=O)c1C. The van der Waals surface area contributed by atoms with Gasteiger partial charge in [-0.3, -0.25) is 9.59 Å². The summed E-state index contributed by atoms with van der Waals surface area (Å²) < 4.78 is 0. The number of nitrogens with one attached hydrogen (secondary N) is 1. The molecule has 0 aliphatic carbocycles. The Morgan fingerprint density at radius 3 is 2.56 bits per heavy atom. The molecule has 98 valence electrons. The number of nitrogens with zero attached hydrogens (tertiary/aromatic N) is 1. The number of hydrogen-bond donors (Lipinski definition) is 1. The number of carbonyl (C=O) groups is 2. The van der Waals surface area contributed by atoms with Gasteiger partial charge in [-0.2, -0.15) is 0 Å². The highest BCUT2D eigenvalue weighted by atomic mass is 16.1. The minimum absolute atomic E-state index is 0.136. The first-order valence-corrected chi connectivity index (χ1v) is 5.95. The van der Waals surface area contributed by atoms with E-state index in [1.165, 1.54) is 0 Å². The average molecular weight is 248 g/mol. The van der Waals surface area contributed by atoms with Crippen LogP contribution in [0.15, 0.2) is 12.1 Å². The van der Waals surface area contributed by atoms with E-state index in [1.807, 2.05) is 38.9 Å². The van der Waals surface area contributed by atoms with Crippen LogP contribution in [0.2, 0.25) is 0 Å². The zero-order valence-electron chi connectivity index (χ0n) is 11.4. The van der Waals surface area contributed by atoms with Gasteiger partial charge >= 0.3 is 0 Å². The van der Waals surface area contributed by atoms with Crippen LogP contribution in [0.3, 0.4) is 0 Å². The fraction of sp³-hybridized carbons (Fsp3) is 0.429. The minimum atomic E-state index is -0.136. The van der Waals surface area contributed by atoms with Gasteiger partial charge in [-0.25, -0.2) is 0 Å². The number of benzene rings is 1. The summed E-state index contributed by atoms with van der Waals surface area (Å²) in [4.78, 5) is 24.8. The van der Waals surface area contributed by atoms with Gasteiger partial charge < -0.3 is 10.2 Å². The van der Waals surface area contributed by atoms with Crippen molar-refractivity contribution < 1.29 is 9.59 Å². The second kappa shape index (κ2) is 6.31. The Morgan fingerprint density at radius 2 is 2.00 bits per heavy atom. The summed E-state index contributed by atoms with van der Waals surface area (Å²) in [5, 5.41) is 2.83. The first-order valence-electron chi connectivity index (χ1n) is 5.95. The molecule has 4 heteroatoms. The number of aldehydes is 1. The predicted octanol–water partition coefficient (Wildman–Crippen LogP) is 1.41. The molecule has 1 N–H and O–H groups in total. The molecule has 18 heavy (non-hydrogen) atoms. The molecule has 1 amide bonds. The van der Waals surface area contributed by atoms with E-state index in [4.69, 9.17) is 0 Å². The van der Waals surface area contributed by atoms with Crippen molar-refractivity contribution in [3.63, 3.8) is 0 Å². The van der Waals surface area contributed by atoms with Crippen molar-refractivity contribution in [1.82, 2.24) is 10.2 Å². The molecule has 0 saturated heterocycles. The van der Waals surface area contributed by atoms with Gasteiger partial charge in [0.25, 0.3) is 5.91 Å². The van der Waals surface area contributed by atoms with Crippen LogP contribution < -0.4 is 5.32 Å². The van der Waals surface area contributed by atoms with E-state index in [-0.39, 0.29) is 5.91 Å². The first-order chi connectivity index (χ1) is 8.45. The predicted molar refractivity (Wildman–Crippen MR) is 72.2 cm³/mol. The lowest BCUT2D eigenvalue weighted by Crippen LogP contribution is -2.31. The molecule has 0 aliphatic rings. The molecule has 0 aromatic heterocycles. The van der Waals surface area contributed by atoms with Crippen molar-refractivity contribution in [3.8, 4) is 0 Å². The van der Waals surface area contributed by atoms with E-state index in [9.17, 15) is 9.59 Å². The van der Waals surface area contributed by atoms with Crippen molar-refractivity contribution >= 4 is 12.2 Å². The van der Waals surface area contributed by atoms with Crippen LogP contribution in [0.1, 0.15) is 31.8 Å². The van der Waals surface area contributed by atoms with E-state index in [0.29, 0.717) is 17.7 Å². The van der Waals surface area contributed by atoms with Crippen LogP contribution in [0.5, 0.6) is 0 Å². The van der Waals surface area contributed by atoms with Gasteiger partial charge in [-0.05, 0) is 51.2 Å². The topological polar surface area (TPSA) is 49.4 Å². The number of likely N-dealkylation sites (N-methyl/N-ethyl adjacent to an activating group) is 1. The van der Waals surface area contributed by atoms with Gasteiger partial charge in [-0.1, -0.05) is 0 Å². The van der Waals surface area contributed by atoms with Gasteiger partial charge in [-0.15, -0.1) is 0 Å². The van der Waals surface area contributed by atoms with Gasteiger partial charge in [0, 0.05) is 24.2 Å². The van der Waals surface area contributed by atoms with E-state index in [2.05, 4.69) is 5.32 Å². The number of rotatable bonds is 5. The maximum Gasteiger partial charge on any atom is 0.251 e. The third kappa shape index (κ3) is 3.67. The summed E-state index contributed by atoms with van der Waals surface area (Å²) in [6.45, 7) is 5.16. The highest BCUT2D eigenvalue weighted by molar-refractivity contribution is 5.96. The maximum atomic E-state index is 11.9. The summed E-state index contributed by atoms with van der Waals surface area (Å²) in [5.74, 6) is -0.136. The Morgan fingerprint density at radius 1 is 1.33 bits per heavy atom. The van der Waals surface area contributed by atoms with Crippen LogP contribution in [-0.4, -0.2) is 44.3 Å². The van der Waals surface area contributed by atoms with Gasteiger partial charge in [0.2, 0.25) is 0 Å². The number of amides is 1. The fourth-order valence-corrected chi connectivity index (χ4v) is 1.64. The molecule has 1 aromatic carbocycles. The van der Waals surface area contributed by atoms with Crippen molar-refractivity contribution in [3.05, 3.63) is 34.4 Å². The molecule has 0 bridgehead atoms. The lowest BCUT2D eigenvalue weighted by molar-refractivity contribution is 0.0951. The standard InChI is InChI=1S/C14H20N2O2/c1-10-7-12(8-13(9-17)11(10)2)14(18)15-5-6-16(3)4/h7-9H,5-6H2,1-4H3,(H,15,18). The zero-order chi connectivity index (χ0) is 13.7. The number of hydrogen-bond acceptors (Lipinski definition) is 3. The molecular weight excluding hydrogens is 228 g/mol. The lowest BCUT2D eigenvalue weighted by Gasteiger charge is -2.12. The summed E-state index contributed by atoms with van der Waals surface area (Å²) >= 11 is 0.